The molecule has 0 aliphatic carbocycles. The second-order valence-electron chi connectivity index (χ2n) is 26.5. The molecule has 0 radical (unpaired) electrons. The van der Waals surface area contributed by atoms with Crippen LogP contribution in [0.5, 0.6) is 0 Å². The number of thioether (sulfide) groups is 1. The van der Waals surface area contributed by atoms with Crippen molar-refractivity contribution in [1.82, 2.24) is 69.1 Å². The molecule has 2 bridgehead atoms. The van der Waals surface area contributed by atoms with Gasteiger partial charge in [-0.3, -0.25) is 76.9 Å². The zero-order valence-electron chi connectivity index (χ0n) is 68.4. The smallest absolute Gasteiger partial charge is 0.305 e. The Hall–Kier alpha value is -10.1. The van der Waals surface area contributed by atoms with Crippen molar-refractivity contribution in [3.63, 3.8) is 0 Å². The molecule has 0 saturated carbocycles. The largest absolute Gasteiger partial charge is 0.481 e. The summed E-state index contributed by atoms with van der Waals surface area (Å²) in [6.45, 7) is 1.35. The highest BCUT2D eigenvalue weighted by atomic mass is 33.1. The molecular formula is C75H116N18O27S3. The molecule has 0 spiro atoms. The van der Waals surface area contributed by atoms with Gasteiger partial charge < -0.3 is 144 Å². The summed E-state index contributed by atoms with van der Waals surface area (Å²) in [5.41, 5.74) is 17.4. The van der Waals surface area contributed by atoms with Crippen LogP contribution in [0.15, 0.2) is 70.8 Å². The number of ether oxygens (including phenoxy) is 10. The van der Waals surface area contributed by atoms with Gasteiger partial charge in [0, 0.05) is 62.9 Å². The van der Waals surface area contributed by atoms with Gasteiger partial charge in [-0.2, -0.15) is 0 Å². The van der Waals surface area contributed by atoms with Gasteiger partial charge in [-0.25, -0.2) is 0 Å². The molecule has 48 heteroatoms. The fraction of sp³-hybridized carbons (Fsp3) is 0.613. The van der Waals surface area contributed by atoms with Crippen molar-refractivity contribution < 1.29 is 129 Å². The average molecular weight is 1800 g/mol. The Morgan fingerprint density at radius 3 is 1.39 bits per heavy atom. The Bertz CT molecular complexity index is 3610. The number of nitrogens with one attached hydrogen (secondary N) is 13. The van der Waals surface area contributed by atoms with Crippen molar-refractivity contribution >= 4 is 134 Å². The maximum absolute atomic E-state index is 14.7. The minimum Gasteiger partial charge on any atom is -0.481 e. The summed E-state index contributed by atoms with van der Waals surface area (Å²) in [6.07, 6.45) is 0.478. The third kappa shape index (κ3) is 52.8. The number of aliphatic imine (C=N–C) groups is 1. The highest BCUT2D eigenvalue weighted by Gasteiger charge is 2.36. The Balaban J connectivity index is 1.36. The number of primary amides is 1. The monoisotopic (exact) mass is 1800 g/mol. The number of hydrogen-bond acceptors (Lipinski definition) is 31. The summed E-state index contributed by atoms with van der Waals surface area (Å²) in [4.78, 5) is 209. The zero-order valence-corrected chi connectivity index (χ0v) is 70.8. The van der Waals surface area contributed by atoms with Crippen molar-refractivity contribution in [2.45, 2.75) is 87.2 Å². The molecule has 686 valence electrons. The number of oxime groups is 1. The molecule has 2 aliphatic heterocycles. The van der Waals surface area contributed by atoms with E-state index in [4.69, 9.17) is 69.4 Å². The Morgan fingerprint density at radius 1 is 0.439 bits per heavy atom. The van der Waals surface area contributed by atoms with Gasteiger partial charge in [0.25, 0.3) is 5.91 Å². The quantitative estimate of drug-likeness (QED) is 0.00962. The maximum atomic E-state index is 14.7. The highest BCUT2D eigenvalue weighted by molar-refractivity contribution is 8.76. The Morgan fingerprint density at radius 2 is 0.878 bits per heavy atom. The van der Waals surface area contributed by atoms with Crippen LogP contribution in [0.4, 0.5) is 0 Å². The molecule has 1 unspecified atom stereocenters. The first kappa shape index (κ1) is 105. The molecule has 2 fully saturated rings. The number of carbonyl (C=O) groups excluding carboxylic acids is 14. The van der Waals surface area contributed by atoms with Crippen LogP contribution in [0.2, 0.25) is 0 Å². The Kier molecular flexibility index (Phi) is 56.8. The average Bonchev–Trinajstić information content (AvgIpc) is 1.44. The van der Waals surface area contributed by atoms with Crippen LogP contribution < -0.4 is 86.3 Å². The number of rotatable bonds is 56. The molecule has 2 heterocycles. The van der Waals surface area contributed by atoms with Crippen molar-refractivity contribution in [3.8, 4) is 0 Å². The normalized spacial score (nSPS) is 18.5. The molecule has 0 aromatic heterocycles. The van der Waals surface area contributed by atoms with E-state index in [1.807, 2.05) is 30.3 Å². The van der Waals surface area contributed by atoms with Crippen LogP contribution in [0.3, 0.4) is 0 Å². The highest BCUT2D eigenvalue weighted by Crippen LogP contribution is 2.24. The Labute approximate surface area is 723 Å². The summed E-state index contributed by atoms with van der Waals surface area (Å²) < 4.78 is 54.2. The minimum atomic E-state index is -1.85. The number of benzene rings is 2. The number of nitrogens with zero attached hydrogens (tertiary/aromatic N) is 2. The predicted octanol–water partition coefficient (Wildman–Crippen LogP) is -7.14. The van der Waals surface area contributed by atoms with Crippen LogP contribution >= 0.6 is 33.3 Å². The lowest BCUT2D eigenvalue weighted by molar-refractivity contribution is -0.141. The number of guanidine groups is 1. The van der Waals surface area contributed by atoms with Gasteiger partial charge >= 0.3 is 5.97 Å². The fourth-order valence-electron chi connectivity index (χ4n) is 10.5. The summed E-state index contributed by atoms with van der Waals surface area (Å²) in [5, 5.41) is 47.3. The molecule has 7 atom stereocenters. The lowest BCUT2D eigenvalue weighted by Gasteiger charge is -2.27. The van der Waals surface area contributed by atoms with Crippen LogP contribution in [-0.2, 0) is 131 Å². The summed E-state index contributed by atoms with van der Waals surface area (Å²) in [6, 6.07) is 6.85. The molecule has 20 N–H and O–H groups in total. The topological polar surface area (TPSA) is 637 Å². The lowest BCUT2D eigenvalue weighted by atomic mass is 10.0. The summed E-state index contributed by atoms with van der Waals surface area (Å²) >= 11 is 0.868. The van der Waals surface area contributed by atoms with E-state index >= 15 is 0 Å². The molecule has 123 heavy (non-hydrogen) atoms. The van der Waals surface area contributed by atoms with Gasteiger partial charge in [0.15, 0.2) is 12.6 Å². The van der Waals surface area contributed by atoms with Crippen LogP contribution in [0.1, 0.15) is 49.7 Å². The fourth-order valence-corrected chi connectivity index (χ4v) is 13.7. The van der Waals surface area contributed by atoms with Gasteiger partial charge in [0.2, 0.25) is 76.8 Å². The number of amides is 14. The molecule has 2 aromatic rings. The molecule has 2 aromatic carbocycles. The van der Waals surface area contributed by atoms with E-state index in [0.717, 1.165) is 38.9 Å². The van der Waals surface area contributed by atoms with Crippen LogP contribution in [0.25, 0.3) is 0 Å². The van der Waals surface area contributed by atoms with E-state index in [-0.39, 0.29) is 173 Å². The first-order chi connectivity index (χ1) is 59.4. The van der Waals surface area contributed by atoms with Gasteiger partial charge in [0.05, 0.1) is 131 Å². The second kappa shape index (κ2) is 66.4. The molecule has 45 nitrogen and oxygen atoms in total. The van der Waals surface area contributed by atoms with E-state index in [2.05, 4.69) is 79.3 Å². The van der Waals surface area contributed by atoms with Gasteiger partial charge in [-0.15, -0.1) is 11.8 Å². The number of unbranched alkanes of at least 4 members (excludes halogenated alkanes) is 1. The SMILES string of the molecule is NC(=O)COCC(=O)NCCOCCOCCOCCNC(=O)[C@@H]1CSCC(=O)N[C@@H](CCCCNC(=O)COCC(=O)NCCOCCOCCOCCOCCOCCNC(=O)CO/N=C/c2ccccc2)C(=O)N[C@H]2CSSCC(NC(=O)[C@H](CC(=O)O)NC(=O)CNC(=O)[C@H](CCCN=C(N)N)NC2=O)C(=O)N[C@@H](Cc2ccccc2)C(=O)N1. The lowest BCUT2D eigenvalue weighted by Crippen LogP contribution is -2.60. The number of fused-ring (bicyclic) bond motifs is 5. The zero-order chi connectivity index (χ0) is 89.3. The van der Waals surface area contributed by atoms with E-state index in [0.29, 0.717) is 58.4 Å². The first-order valence-corrected chi connectivity index (χ1v) is 43.2. The van der Waals surface area contributed by atoms with E-state index in [1.165, 1.54) is 6.21 Å². The van der Waals surface area contributed by atoms with Crippen LogP contribution in [0, 0.1) is 0 Å². The third-order valence-corrected chi connectivity index (χ3v) is 20.0. The number of carboxylic acids is 1. The van der Waals surface area contributed by atoms with E-state index in [1.54, 1.807) is 30.3 Å². The number of hydrogen-bond donors (Lipinski definition) is 17. The standard InChI is InChI=1S/C75H116N18O27S3/c76-60(94)42-118-43-63(97)80-18-22-110-26-30-114-33-29-113-25-21-83-69(104)57-47-121-50-66(100)87-54(14-7-8-16-79-62(96)44-119-45-64(98)81-19-23-111-27-31-115-34-36-117-37-35-116-32-28-112-24-20-82-65(99)46-120-86-40-52-12-5-2-6-13-52)70(105)92-58-48-122-123-49-59(74(109)90-55(71(106)91-57)38-51-10-3-1-4-11-51)93-72(107)56(39-67(101)102)88-61(95)41-85-68(103)53(89-73(58)108)15-9-17-84-75(77)78/h1-6,10-13,40,53-59H,7-9,14-39,41-50H2,(H2,76,94)(H,79,96)(H,80,97)(H,81,98)(H,82,99)(H,83,104)(H,85,103)(H,87,100)(H,88,95)(H,89,108)(H,90,109)(H,91,106)(H,92,105)(H,93,107)(H,101,102)(H4,77,78,84)/b86-40+/t53-,54-,55-,56-,57-,58-,59?/m0/s1. The van der Waals surface area contributed by atoms with E-state index in [9.17, 15) is 77.0 Å². The molecular weight excluding hydrogens is 1680 g/mol. The minimum absolute atomic E-state index is 0.0198. The van der Waals surface area contributed by atoms with Gasteiger partial charge in [-0.05, 0) is 43.2 Å². The number of carbonyl (C=O) groups is 15. The van der Waals surface area contributed by atoms with Gasteiger partial charge in [-0.1, -0.05) is 87.4 Å². The van der Waals surface area contributed by atoms with E-state index < -0.39 is 164 Å². The molecule has 4 rings (SSSR count). The summed E-state index contributed by atoms with van der Waals surface area (Å²) in [7, 11) is 1.78. The molecule has 14 amide bonds. The number of aliphatic carboxylic acids is 1. The molecule has 2 aliphatic rings. The number of carboxylic acid groups (broad SMARTS) is 1. The summed E-state index contributed by atoms with van der Waals surface area (Å²) in [5.74, 6) is -14.3. The van der Waals surface area contributed by atoms with Crippen molar-refractivity contribution in [1.29, 1.82) is 0 Å². The maximum Gasteiger partial charge on any atom is 0.305 e. The predicted molar refractivity (Wildman–Crippen MR) is 447 cm³/mol. The van der Waals surface area contributed by atoms with Crippen molar-refractivity contribution in [2.75, 3.05) is 208 Å². The first-order valence-electron chi connectivity index (χ1n) is 39.6. The number of nitrogens with two attached hydrogens (primary N) is 3. The second-order valence-corrected chi connectivity index (χ2v) is 30.1. The third-order valence-electron chi connectivity index (χ3n) is 16.5. The van der Waals surface area contributed by atoms with Crippen LogP contribution in [-0.4, -0.2) is 356 Å². The van der Waals surface area contributed by atoms with Crippen molar-refractivity contribution in [2.24, 2.45) is 27.3 Å². The van der Waals surface area contributed by atoms with Gasteiger partial charge in [0.1, 0.15) is 68.7 Å². The van der Waals surface area contributed by atoms with Crippen molar-refractivity contribution in [3.05, 3.63) is 71.8 Å². The molecule has 2 saturated heterocycles.